The average molecular weight is 339 g/mol. The second-order valence-corrected chi connectivity index (χ2v) is 7.87. The molecule has 2 aliphatic rings. The second-order valence-electron chi connectivity index (χ2n) is 6.15. The van der Waals surface area contributed by atoms with Crippen LogP contribution in [0.4, 0.5) is 0 Å². The van der Waals surface area contributed by atoms with Crippen LogP contribution in [0.3, 0.4) is 0 Å². The van der Waals surface area contributed by atoms with Crippen molar-refractivity contribution in [3.8, 4) is 5.75 Å². The largest absolute Gasteiger partial charge is 0.496 e. The fourth-order valence-electron chi connectivity index (χ4n) is 3.49. The number of methoxy groups -OCH3 is 1. The molecule has 7 nitrogen and oxygen atoms in total. The molecule has 3 rings (SSSR count). The van der Waals surface area contributed by atoms with Crippen LogP contribution in [0.15, 0.2) is 23.1 Å². The quantitative estimate of drug-likeness (QED) is 0.717. The summed E-state index contributed by atoms with van der Waals surface area (Å²) in [5.41, 5.74) is 5.35. The molecule has 8 heteroatoms. The van der Waals surface area contributed by atoms with Crippen LogP contribution in [-0.4, -0.2) is 39.6 Å². The van der Waals surface area contributed by atoms with Crippen molar-refractivity contribution in [1.29, 1.82) is 0 Å². The minimum atomic E-state index is -3.70. The Kier molecular flexibility index (Phi) is 4.31. The molecule has 2 heterocycles. The minimum Gasteiger partial charge on any atom is -0.496 e. The fraction of sp³-hybridized carbons (Fsp3) is 0.533. The van der Waals surface area contributed by atoms with Crippen molar-refractivity contribution in [2.75, 3.05) is 7.11 Å². The molecule has 1 aromatic rings. The minimum absolute atomic E-state index is 0.0259. The number of hydrogen-bond donors (Lipinski definition) is 3. The Morgan fingerprint density at radius 3 is 2.52 bits per heavy atom. The molecular formula is C15H21N3O4S. The van der Waals surface area contributed by atoms with Gasteiger partial charge in [-0.3, -0.25) is 4.79 Å². The SMILES string of the molecule is COc1ccc(S(=O)(=O)NC2CC3CCC(C2)N3)cc1C(N)=O. The lowest BCUT2D eigenvalue weighted by Crippen LogP contribution is -2.47. The molecule has 0 aromatic heterocycles. The molecule has 1 aromatic carbocycles. The first-order chi connectivity index (χ1) is 10.9. The van der Waals surface area contributed by atoms with Crippen molar-refractivity contribution in [2.24, 2.45) is 5.73 Å². The molecule has 1 amide bonds. The van der Waals surface area contributed by atoms with Crippen molar-refractivity contribution in [3.05, 3.63) is 23.8 Å². The standard InChI is InChI=1S/C15H21N3O4S/c1-22-14-5-4-12(8-13(14)15(16)19)23(20,21)18-11-6-9-2-3-10(7-11)17-9/h4-5,8-11,17-18H,2-3,6-7H2,1H3,(H2,16,19). The lowest BCUT2D eigenvalue weighted by Gasteiger charge is -2.29. The van der Waals surface area contributed by atoms with Crippen LogP contribution in [0.1, 0.15) is 36.0 Å². The average Bonchev–Trinajstić information content (AvgIpc) is 2.85. The normalized spacial score (nSPS) is 26.9. The van der Waals surface area contributed by atoms with Crippen LogP contribution < -0.4 is 20.5 Å². The number of primary amides is 1. The number of carbonyl (C=O) groups excluding carboxylic acids is 1. The predicted octanol–water partition coefficient (Wildman–Crippen LogP) is 0.355. The van der Waals surface area contributed by atoms with Crippen LogP contribution in [-0.2, 0) is 10.0 Å². The van der Waals surface area contributed by atoms with E-state index in [1.54, 1.807) is 0 Å². The van der Waals surface area contributed by atoms with Crippen LogP contribution in [0.2, 0.25) is 0 Å². The highest BCUT2D eigenvalue weighted by Crippen LogP contribution is 2.28. The van der Waals surface area contributed by atoms with E-state index in [2.05, 4.69) is 10.0 Å². The Bertz CT molecular complexity index is 707. The van der Waals surface area contributed by atoms with Gasteiger partial charge >= 0.3 is 0 Å². The van der Waals surface area contributed by atoms with Crippen molar-refractivity contribution in [2.45, 2.75) is 48.7 Å². The van der Waals surface area contributed by atoms with Crippen LogP contribution in [0.5, 0.6) is 5.75 Å². The maximum absolute atomic E-state index is 12.6. The Labute approximate surface area is 135 Å². The highest BCUT2D eigenvalue weighted by Gasteiger charge is 2.35. The third-order valence-electron chi connectivity index (χ3n) is 4.54. The van der Waals surface area contributed by atoms with Gasteiger partial charge in [0.2, 0.25) is 10.0 Å². The highest BCUT2D eigenvalue weighted by molar-refractivity contribution is 7.89. The van der Waals surface area contributed by atoms with Gasteiger partial charge in [0.25, 0.3) is 5.91 Å². The smallest absolute Gasteiger partial charge is 0.252 e. The molecule has 2 bridgehead atoms. The van der Waals surface area contributed by atoms with Crippen LogP contribution in [0.25, 0.3) is 0 Å². The molecule has 4 N–H and O–H groups in total. The third kappa shape index (κ3) is 3.34. The number of carbonyl (C=O) groups is 1. The number of fused-ring (bicyclic) bond motifs is 2. The summed E-state index contributed by atoms with van der Waals surface area (Å²) in [6.07, 6.45) is 3.76. The molecule has 126 valence electrons. The number of amides is 1. The van der Waals surface area contributed by atoms with E-state index in [1.807, 2.05) is 0 Å². The fourth-order valence-corrected chi connectivity index (χ4v) is 4.78. The van der Waals surface area contributed by atoms with Crippen molar-refractivity contribution in [3.63, 3.8) is 0 Å². The first kappa shape index (κ1) is 16.2. The van der Waals surface area contributed by atoms with Gasteiger partial charge in [-0.05, 0) is 43.9 Å². The molecule has 2 saturated heterocycles. The zero-order valence-electron chi connectivity index (χ0n) is 12.9. The van der Waals surface area contributed by atoms with E-state index in [-0.39, 0.29) is 22.3 Å². The summed E-state index contributed by atoms with van der Waals surface area (Å²) in [6, 6.07) is 4.82. The monoisotopic (exact) mass is 339 g/mol. The second kappa shape index (κ2) is 6.10. The molecule has 2 fully saturated rings. The molecule has 0 saturated carbocycles. The van der Waals surface area contributed by atoms with E-state index in [4.69, 9.17) is 10.5 Å². The molecule has 23 heavy (non-hydrogen) atoms. The van der Waals surface area contributed by atoms with Gasteiger partial charge in [-0.1, -0.05) is 0 Å². The van der Waals surface area contributed by atoms with Gasteiger partial charge < -0.3 is 15.8 Å². The summed E-state index contributed by atoms with van der Waals surface area (Å²) in [6.45, 7) is 0. The van der Waals surface area contributed by atoms with Gasteiger partial charge in [-0.15, -0.1) is 0 Å². The third-order valence-corrected chi connectivity index (χ3v) is 6.06. The van der Waals surface area contributed by atoms with Gasteiger partial charge in [-0.25, -0.2) is 13.1 Å². The summed E-state index contributed by atoms with van der Waals surface area (Å²) < 4.78 is 33.0. The van der Waals surface area contributed by atoms with Gasteiger partial charge in [0.15, 0.2) is 0 Å². The van der Waals surface area contributed by atoms with E-state index >= 15 is 0 Å². The Morgan fingerprint density at radius 2 is 1.96 bits per heavy atom. The Hall–Kier alpha value is -1.64. The number of benzene rings is 1. The number of sulfonamides is 1. The maximum atomic E-state index is 12.6. The number of rotatable bonds is 5. The van der Waals surface area contributed by atoms with E-state index in [0.29, 0.717) is 12.1 Å². The van der Waals surface area contributed by atoms with Crippen LogP contribution >= 0.6 is 0 Å². The lowest BCUT2D eigenvalue weighted by atomic mass is 10.0. The highest BCUT2D eigenvalue weighted by atomic mass is 32.2. The van der Waals surface area contributed by atoms with Gasteiger partial charge in [-0.2, -0.15) is 0 Å². The van der Waals surface area contributed by atoms with E-state index in [1.165, 1.54) is 25.3 Å². The number of nitrogens with two attached hydrogens (primary N) is 1. The van der Waals surface area contributed by atoms with Gasteiger partial charge in [0, 0.05) is 18.1 Å². The molecule has 2 unspecified atom stereocenters. The number of hydrogen-bond acceptors (Lipinski definition) is 5. The zero-order valence-corrected chi connectivity index (χ0v) is 13.7. The van der Waals surface area contributed by atoms with E-state index < -0.39 is 15.9 Å². The van der Waals surface area contributed by atoms with E-state index in [9.17, 15) is 13.2 Å². The molecular weight excluding hydrogens is 318 g/mol. The predicted molar refractivity (Wildman–Crippen MR) is 84.8 cm³/mol. The Morgan fingerprint density at radius 1 is 1.30 bits per heavy atom. The topological polar surface area (TPSA) is 111 Å². The first-order valence-electron chi connectivity index (χ1n) is 7.65. The van der Waals surface area contributed by atoms with Crippen molar-refractivity contribution < 1.29 is 17.9 Å². The summed E-state index contributed by atoms with van der Waals surface area (Å²) in [7, 11) is -2.30. The number of ether oxygens (including phenoxy) is 1. The van der Waals surface area contributed by atoms with Gasteiger partial charge in [0.1, 0.15) is 5.75 Å². The van der Waals surface area contributed by atoms with E-state index in [0.717, 1.165) is 25.7 Å². The summed E-state index contributed by atoms with van der Waals surface area (Å²) in [5.74, 6) is -0.463. The van der Waals surface area contributed by atoms with Crippen molar-refractivity contribution in [1.82, 2.24) is 10.0 Å². The molecule has 0 aliphatic carbocycles. The number of nitrogens with one attached hydrogen (secondary N) is 2. The summed E-state index contributed by atoms with van der Waals surface area (Å²) in [5, 5.41) is 3.47. The maximum Gasteiger partial charge on any atom is 0.252 e. The lowest BCUT2D eigenvalue weighted by molar-refractivity contribution is 0.0997. The molecule has 0 spiro atoms. The molecule has 2 atom stereocenters. The number of piperidine rings is 1. The Balaban J connectivity index is 1.82. The first-order valence-corrected chi connectivity index (χ1v) is 9.13. The molecule has 0 radical (unpaired) electrons. The zero-order chi connectivity index (χ0) is 16.6. The summed E-state index contributed by atoms with van der Waals surface area (Å²) in [4.78, 5) is 11.5. The molecule has 2 aliphatic heterocycles. The van der Waals surface area contributed by atoms with Crippen LogP contribution in [0, 0.1) is 0 Å². The van der Waals surface area contributed by atoms with Gasteiger partial charge in [0.05, 0.1) is 17.6 Å². The van der Waals surface area contributed by atoms with Crippen molar-refractivity contribution >= 4 is 15.9 Å². The summed E-state index contributed by atoms with van der Waals surface area (Å²) >= 11 is 0.